The average Bonchev–Trinajstić information content (AvgIpc) is 2.77. The lowest BCUT2D eigenvalue weighted by Gasteiger charge is -2.34. The van der Waals surface area contributed by atoms with Crippen LogP contribution in [0.1, 0.15) is 37.7 Å². The first-order chi connectivity index (χ1) is 15.1. The van der Waals surface area contributed by atoms with Gasteiger partial charge in [-0.3, -0.25) is 4.79 Å². The largest absolute Gasteiger partial charge is 0.490 e. The Morgan fingerprint density at radius 3 is 2.58 bits per heavy atom. The van der Waals surface area contributed by atoms with E-state index >= 15 is 0 Å². The van der Waals surface area contributed by atoms with Crippen LogP contribution in [0.25, 0.3) is 0 Å². The van der Waals surface area contributed by atoms with Gasteiger partial charge in [-0.2, -0.15) is 0 Å². The molecule has 0 spiro atoms. The smallest absolute Gasteiger partial charge is 0.336 e. The molecule has 1 atom stereocenters. The van der Waals surface area contributed by atoms with Gasteiger partial charge in [-0.1, -0.05) is 48.0 Å². The fraction of sp³-hybridized carbons (Fsp3) is 0.280. The fourth-order valence-corrected chi connectivity index (χ4v) is 4.41. The number of dihydropyridines is 1. The third-order valence-corrected chi connectivity index (χ3v) is 5.88. The van der Waals surface area contributed by atoms with E-state index in [0.717, 1.165) is 24.1 Å². The maximum absolute atomic E-state index is 13.1. The first kappa shape index (κ1) is 21.2. The van der Waals surface area contributed by atoms with Gasteiger partial charge in [0.2, 0.25) is 0 Å². The van der Waals surface area contributed by atoms with Crippen molar-refractivity contribution in [3.8, 4) is 5.75 Å². The first-order valence-electron chi connectivity index (χ1n) is 10.4. The minimum absolute atomic E-state index is 0.0453. The highest BCUT2D eigenvalue weighted by Crippen LogP contribution is 2.44. The highest BCUT2D eigenvalue weighted by molar-refractivity contribution is 6.31. The summed E-state index contributed by atoms with van der Waals surface area (Å²) in [6.45, 7) is 2.17. The van der Waals surface area contributed by atoms with Gasteiger partial charge in [-0.25, -0.2) is 4.79 Å². The lowest BCUT2D eigenvalue weighted by Crippen LogP contribution is -2.34. The Kier molecular flexibility index (Phi) is 6.42. The average molecular weight is 438 g/mol. The number of halogens is 1. The maximum atomic E-state index is 13.1. The van der Waals surface area contributed by atoms with Crippen molar-refractivity contribution in [3.63, 3.8) is 0 Å². The summed E-state index contributed by atoms with van der Waals surface area (Å²) in [5.41, 5.74) is 3.34. The molecule has 2 aromatic carbocycles. The Hall–Kier alpha value is -3.05. The number of hydrogen-bond acceptors (Lipinski definition) is 5. The number of para-hydroxylation sites is 1. The summed E-state index contributed by atoms with van der Waals surface area (Å²) in [5.74, 6) is -0.259. The van der Waals surface area contributed by atoms with Crippen molar-refractivity contribution in [1.29, 1.82) is 0 Å². The Labute approximate surface area is 186 Å². The topological polar surface area (TPSA) is 64.6 Å². The molecule has 2 aromatic rings. The van der Waals surface area contributed by atoms with E-state index in [1.807, 2.05) is 55.5 Å². The molecule has 4 rings (SSSR count). The summed E-state index contributed by atoms with van der Waals surface area (Å²) in [7, 11) is 0. The van der Waals surface area contributed by atoms with Crippen molar-refractivity contribution in [1.82, 2.24) is 5.32 Å². The predicted molar refractivity (Wildman–Crippen MR) is 119 cm³/mol. The Bertz CT molecular complexity index is 1060. The summed E-state index contributed by atoms with van der Waals surface area (Å²) >= 11 is 6.50. The molecule has 0 saturated carbocycles. The van der Waals surface area contributed by atoms with Crippen molar-refractivity contribution in [2.24, 2.45) is 0 Å². The van der Waals surface area contributed by atoms with E-state index in [-0.39, 0.29) is 19.0 Å². The molecular formula is C25H24ClNO4. The molecule has 0 bridgehead atoms. The predicted octanol–water partition coefficient (Wildman–Crippen LogP) is 4.93. The van der Waals surface area contributed by atoms with Crippen LogP contribution in [0, 0.1) is 0 Å². The van der Waals surface area contributed by atoms with Crippen LogP contribution in [0.4, 0.5) is 0 Å². The number of ether oxygens (including phenoxy) is 2. The van der Waals surface area contributed by atoms with Crippen LogP contribution in [-0.2, 0) is 14.3 Å². The van der Waals surface area contributed by atoms with Gasteiger partial charge in [0.25, 0.3) is 0 Å². The Morgan fingerprint density at radius 1 is 1.06 bits per heavy atom. The SMILES string of the molecule is CC1=C(C(=O)OCCOc2ccccc2)[C@H](c2ccccc2Cl)C2=C(CCCC2=O)N1. The highest BCUT2D eigenvalue weighted by atomic mass is 35.5. The van der Waals surface area contributed by atoms with E-state index < -0.39 is 11.9 Å². The lowest BCUT2D eigenvalue weighted by atomic mass is 9.75. The quantitative estimate of drug-likeness (QED) is 0.512. The fourth-order valence-electron chi connectivity index (χ4n) is 4.16. The van der Waals surface area contributed by atoms with E-state index in [2.05, 4.69) is 5.32 Å². The second-order valence-electron chi connectivity index (χ2n) is 7.58. The molecule has 5 nitrogen and oxygen atoms in total. The molecule has 1 N–H and O–H groups in total. The molecule has 6 heteroatoms. The zero-order valence-corrected chi connectivity index (χ0v) is 18.1. The number of Topliss-reactive ketones (excluding diaryl/α,β-unsaturated/α-hetero) is 1. The van der Waals surface area contributed by atoms with Gasteiger partial charge in [-0.15, -0.1) is 0 Å². The maximum Gasteiger partial charge on any atom is 0.336 e. The number of allylic oxidation sites excluding steroid dienone is 3. The van der Waals surface area contributed by atoms with Crippen molar-refractivity contribution in [3.05, 3.63) is 87.7 Å². The normalized spacial score (nSPS) is 18.4. The molecule has 0 aromatic heterocycles. The monoisotopic (exact) mass is 437 g/mol. The van der Waals surface area contributed by atoms with Crippen LogP contribution in [0.2, 0.25) is 5.02 Å². The minimum Gasteiger partial charge on any atom is -0.490 e. The number of ketones is 1. The third kappa shape index (κ3) is 4.52. The van der Waals surface area contributed by atoms with Gasteiger partial charge in [0, 0.05) is 34.3 Å². The minimum atomic E-state index is -0.541. The number of nitrogens with one attached hydrogen (secondary N) is 1. The van der Waals surface area contributed by atoms with Crippen molar-refractivity contribution >= 4 is 23.4 Å². The summed E-state index contributed by atoms with van der Waals surface area (Å²) in [5, 5.41) is 3.80. The van der Waals surface area contributed by atoms with E-state index in [0.29, 0.717) is 34.0 Å². The zero-order chi connectivity index (χ0) is 21.8. The summed E-state index contributed by atoms with van der Waals surface area (Å²) in [6.07, 6.45) is 2.03. The number of esters is 1. The van der Waals surface area contributed by atoms with Crippen LogP contribution in [-0.4, -0.2) is 25.0 Å². The molecule has 160 valence electrons. The van der Waals surface area contributed by atoms with Gasteiger partial charge >= 0.3 is 5.97 Å². The molecule has 0 saturated heterocycles. The number of rotatable bonds is 6. The Morgan fingerprint density at radius 2 is 1.81 bits per heavy atom. The van der Waals surface area contributed by atoms with Crippen LogP contribution in [0.15, 0.2) is 77.1 Å². The second kappa shape index (κ2) is 9.40. The zero-order valence-electron chi connectivity index (χ0n) is 17.3. The van der Waals surface area contributed by atoms with Crippen molar-refractivity contribution in [2.75, 3.05) is 13.2 Å². The van der Waals surface area contributed by atoms with Gasteiger partial charge in [0.05, 0.1) is 5.57 Å². The first-order valence-corrected chi connectivity index (χ1v) is 10.8. The van der Waals surface area contributed by atoms with Gasteiger partial charge < -0.3 is 14.8 Å². The lowest BCUT2D eigenvalue weighted by molar-refractivity contribution is -0.140. The molecule has 2 aliphatic rings. The van der Waals surface area contributed by atoms with Crippen molar-refractivity contribution < 1.29 is 19.1 Å². The second-order valence-corrected chi connectivity index (χ2v) is 7.99. The van der Waals surface area contributed by atoms with Crippen LogP contribution in [0.3, 0.4) is 0 Å². The van der Waals surface area contributed by atoms with Gasteiger partial charge in [-0.05, 0) is 43.5 Å². The van der Waals surface area contributed by atoms with Gasteiger partial charge in [0.15, 0.2) is 5.78 Å². The van der Waals surface area contributed by atoms with Crippen LogP contribution < -0.4 is 10.1 Å². The third-order valence-electron chi connectivity index (χ3n) is 5.54. The molecule has 31 heavy (non-hydrogen) atoms. The molecule has 1 heterocycles. The van der Waals surface area contributed by atoms with E-state index in [1.165, 1.54) is 0 Å². The summed E-state index contributed by atoms with van der Waals surface area (Å²) in [6, 6.07) is 16.7. The van der Waals surface area contributed by atoms with Gasteiger partial charge in [0.1, 0.15) is 19.0 Å². The standard InChI is InChI=1S/C25H24ClNO4/c1-16-22(25(29)31-15-14-30-17-8-3-2-4-9-17)23(18-10-5-6-11-19(18)26)24-20(27-16)12-7-13-21(24)28/h2-6,8-11,23,27H,7,12-15H2,1H3/t23-/m0/s1. The number of carbonyl (C=O) groups excluding carboxylic acids is 2. The molecule has 0 radical (unpaired) electrons. The van der Waals surface area contributed by atoms with Crippen LogP contribution in [0.5, 0.6) is 5.75 Å². The van der Waals surface area contributed by atoms with Crippen LogP contribution >= 0.6 is 11.6 Å². The highest BCUT2D eigenvalue weighted by Gasteiger charge is 2.39. The van der Waals surface area contributed by atoms with E-state index in [1.54, 1.807) is 6.07 Å². The molecule has 1 aliphatic heterocycles. The number of hydrogen-bond donors (Lipinski definition) is 1. The summed E-state index contributed by atoms with van der Waals surface area (Å²) in [4.78, 5) is 26.0. The Balaban J connectivity index is 1.57. The van der Waals surface area contributed by atoms with E-state index in [9.17, 15) is 9.59 Å². The molecule has 0 fully saturated rings. The van der Waals surface area contributed by atoms with E-state index in [4.69, 9.17) is 21.1 Å². The number of carbonyl (C=O) groups is 2. The molecule has 0 unspecified atom stereocenters. The molecular weight excluding hydrogens is 414 g/mol. The van der Waals surface area contributed by atoms with Crippen molar-refractivity contribution in [2.45, 2.75) is 32.1 Å². The molecule has 1 aliphatic carbocycles. The number of benzene rings is 2. The molecule has 0 amide bonds. The summed E-state index contributed by atoms with van der Waals surface area (Å²) < 4.78 is 11.2.